The zero-order chi connectivity index (χ0) is 17.4. The number of rotatable bonds is 9. The van der Waals surface area contributed by atoms with Crippen molar-refractivity contribution in [2.45, 2.75) is 16.7 Å². The van der Waals surface area contributed by atoms with Gasteiger partial charge in [0.1, 0.15) is 0 Å². The molecule has 2 rings (SSSR count). The van der Waals surface area contributed by atoms with Gasteiger partial charge >= 0.3 is 5.97 Å². The highest BCUT2D eigenvalue weighted by Crippen LogP contribution is 2.73. The first kappa shape index (κ1) is 19.5. The number of hydrogen-bond acceptors (Lipinski definition) is 5. The van der Waals surface area contributed by atoms with Crippen LogP contribution in [-0.2, 0) is 16.6 Å². The molecule has 128 valence electrons. The molecule has 1 N–H and O–H groups in total. The molecule has 0 spiro atoms. The molecule has 2 aromatic rings. The van der Waals surface area contributed by atoms with E-state index in [0.717, 1.165) is 9.79 Å². The van der Waals surface area contributed by atoms with Crippen LogP contribution in [0.5, 0.6) is 0 Å². The van der Waals surface area contributed by atoms with Crippen LogP contribution in [0.1, 0.15) is 6.92 Å². The van der Waals surface area contributed by atoms with E-state index in [2.05, 4.69) is 24.3 Å². The van der Waals surface area contributed by atoms with Crippen molar-refractivity contribution < 1.29 is 9.90 Å². The summed E-state index contributed by atoms with van der Waals surface area (Å²) in [6.07, 6.45) is 0.615. The van der Waals surface area contributed by atoms with Crippen LogP contribution in [0.25, 0.3) is 0 Å². The standard InChI is InChI=1S/C17H20NO2PS3/c1-2-18(13-17(19)20)14-21(22,23-15-9-5-3-6-10-15)24-16-11-7-4-8-12-16/h3-12H,2,13-14H2,1H3,(H,19,20). The average Bonchev–Trinajstić information content (AvgIpc) is 2.55. The first-order valence-electron chi connectivity index (χ1n) is 7.53. The third-order valence-corrected chi connectivity index (χ3v) is 12.1. The third-order valence-electron chi connectivity index (χ3n) is 3.15. The highest BCUT2D eigenvalue weighted by atomic mass is 33.2. The maximum Gasteiger partial charge on any atom is 0.317 e. The molecule has 0 heterocycles. The Balaban J connectivity index is 2.22. The summed E-state index contributed by atoms with van der Waals surface area (Å²) in [6.45, 7) is 2.68. The summed E-state index contributed by atoms with van der Waals surface area (Å²) < 4.78 is -1.96. The Kier molecular flexibility index (Phi) is 7.85. The minimum atomic E-state index is -1.96. The minimum absolute atomic E-state index is 0.0274. The van der Waals surface area contributed by atoms with E-state index >= 15 is 0 Å². The molecular weight excluding hydrogens is 377 g/mol. The third kappa shape index (κ3) is 6.61. The molecule has 24 heavy (non-hydrogen) atoms. The molecule has 0 aliphatic carbocycles. The first-order valence-corrected chi connectivity index (χ1v) is 13.4. The molecule has 3 nitrogen and oxygen atoms in total. The first-order chi connectivity index (χ1) is 11.5. The molecule has 0 aromatic heterocycles. The number of hydrogen-bond donors (Lipinski definition) is 1. The molecule has 0 aliphatic rings. The molecule has 7 heteroatoms. The second kappa shape index (κ2) is 9.64. The van der Waals surface area contributed by atoms with E-state index in [9.17, 15) is 4.79 Å². The summed E-state index contributed by atoms with van der Waals surface area (Å²) in [4.78, 5) is 15.3. The molecule has 0 saturated heterocycles. The fourth-order valence-corrected chi connectivity index (χ4v) is 12.2. The number of benzene rings is 2. The number of aliphatic carboxylic acids is 1. The summed E-state index contributed by atoms with van der Waals surface area (Å²) in [7, 11) is 0. The zero-order valence-corrected chi connectivity index (χ0v) is 16.7. The quantitative estimate of drug-likeness (QED) is 0.583. The zero-order valence-electron chi connectivity index (χ0n) is 13.4. The van der Waals surface area contributed by atoms with Gasteiger partial charge in [-0.25, -0.2) is 0 Å². The Morgan fingerprint density at radius 2 is 1.50 bits per heavy atom. The van der Waals surface area contributed by atoms with Crippen molar-refractivity contribution in [2.75, 3.05) is 19.4 Å². The van der Waals surface area contributed by atoms with Crippen molar-refractivity contribution in [1.82, 2.24) is 4.90 Å². The van der Waals surface area contributed by atoms with Crippen molar-refractivity contribution in [3.05, 3.63) is 60.7 Å². The van der Waals surface area contributed by atoms with Crippen LogP contribution in [0.2, 0.25) is 0 Å². The SMILES string of the molecule is CCN(CC(=O)O)CP(=S)(Sc1ccccc1)Sc1ccccc1. The van der Waals surface area contributed by atoms with Crippen LogP contribution >= 0.6 is 27.2 Å². The Morgan fingerprint density at radius 3 is 1.88 bits per heavy atom. The molecule has 0 atom stereocenters. The van der Waals surface area contributed by atoms with Crippen molar-refractivity contribution >= 4 is 45.0 Å². The van der Waals surface area contributed by atoms with Crippen LogP contribution in [0.15, 0.2) is 70.5 Å². The minimum Gasteiger partial charge on any atom is -0.480 e. The fraction of sp³-hybridized carbons (Fsp3) is 0.235. The number of carbonyl (C=O) groups is 1. The molecule has 0 aliphatic heterocycles. The topological polar surface area (TPSA) is 40.5 Å². The van der Waals surface area contributed by atoms with Crippen molar-refractivity contribution in [1.29, 1.82) is 0 Å². The van der Waals surface area contributed by atoms with Crippen molar-refractivity contribution in [3.63, 3.8) is 0 Å². The van der Waals surface area contributed by atoms with E-state index in [1.165, 1.54) is 0 Å². The predicted molar refractivity (Wildman–Crippen MR) is 109 cm³/mol. The predicted octanol–water partition coefficient (Wildman–Crippen LogP) is 5.24. The van der Waals surface area contributed by atoms with Gasteiger partial charge in [0.15, 0.2) is 0 Å². The molecule has 0 saturated carbocycles. The number of nitrogens with zero attached hydrogens (tertiary/aromatic N) is 1. The lowest BCUT2D eigenvalue weighted by atomic mass is 10.4. The Hall–Kier alpha value is -0.780. The lowest BCUT2D eigenvalue weighted by Gasteiger charge is -2.27. The van der Waals surface area contributed by atoms with Gasteiger partial charge < -0.3 is 5.11 Å². The molecule has 2 aromatic carbocycles. The summed E-state index contributed by atoms with van der Waals surface area (Å²) in [5, 5.41) is 9.11. The lowest BCUT2D eigenvalue weighted by molar-refractivity contribution is -0.138. The van der Waals surface area contributed by atoms with E-state index in [-0.39, 0.29) is 6.54 Å². The highest BCUT2D eigenvalue weighted by Gasteiger charge is 2.24. The maximum atomic E-state index is 11.1. The summed E-state index contributed by atoms with van der Waals surface area (Å²) in [5.41, 5.74) is 0. The van der Waals surface area contributed by atoms with E-state index in [1.807, 2.05) is 48.2 Å². The van der Waals surface area contributed by atoms with Crippen LogP contribution in [0, 0.1) is 0 Å². The van der Waals surface area contributed by atoms with Gasteiger partial charge in [0.05, 0.1) is 11.0 Å². The molecule has 0 fully saturated rings. The summed E-state index contributed by atoms with van der Waals surface area (Å²) in [6, 6.07) is 20.2. The highest BCUT2D eigenvalue weighted by molar-refractivity contribution is 9.00. The summed E-state index contributed by atoms with van der Waals surface area (Å²) >= 11 is 9.49. The van der Waals surface area contributed by atoms with E-state index in [1.54, 1.807) is 22.8 Å². The van der Waals surface area contributed by atoms with Gasteiger partial charge in [-0.1, -0.05) is 77.9 Å². The number of carboxylic acid groups (broad SMARTS) is 1. The van der Waals surface area contributed by atoms with Gasteiger partial charge in [0.25, 0.3) is 0 Å². The Bertz CT molecular complexity index is 652. The van der Waals surface area contributed by atoms with Crippen LogP contribution < -0.4 is 0 Å². The van der Waals surface area contributed by atoms with E-state index in [4.69, 9.17) is 16.9 Å². The Labute approximate surface area is 156 Å². The molecule has 0 unspecified atom stereocenters. The van der Waals surface area contributed by atoms with Crippen LogP contribution in [0.3, 0.4) is 0 Å². The van der Waals surface area contributed by atoms with Gasteiger partial charge in [0, 0.05) is 16.1 Å². The fourth-order valence-electron chi connectivity index (χ4n) is 2.06. The van der Waals surface area contributed by atoms with Gasteiger partial charge in [-0.05, 0) is 30.8 Å². The van der Waals surface area contributed by atoms with Crippen molar-refractivity contribution in [3.8, 4) is 0 Å². The second-order valence-electron chi connectivity index (χ2n) is 5.10. The molecular formula is C17H20NO2PS3. The monoisotopic (exact) mass is 397 g/mol. The second-order valence-corrected chi connectivity index (χ2v) is 16.7. The number of carboxylic acids is 1. The van der Waals surface area contributed by atoms with E-state index < -0.39 is 10.4 Å². The normalized spacial score (nSPS) is 11.6. The lowest BCUT2D eigenvalue weighted by Crippen LogP contribution is -2.29. The smallest absolute Gasteiger partial charge is 0.317 e. The van der Waals surface area contributed by atoms with Gasteiger partial charge in [-0.2, -0.15) is 0 Å². The Morgan fingerprint density at radius 1 is 1.04 bits per heavy atom. The average molecular weight is 398 g/mol. The number of likely N-dealkylation sites (N-methyl/N-ethyl adjacent to an activating group) is 1. The summed E-state index contributed by atoms with van der Waals surface area (Å²) in [5.74, 6) is -0.812. The van der Waals surface area contributed by atoms with Crippen molar-refractivity contribution in [2.24, 2.45) is 0 Å². The van der Waals surface area contributed by atoms with E-state index in [0.29, 0.717) is 12.8 Å². The molecule has 0 radical (unpaired) electrons. The molecule has 0 bridgehead atoms. The van der Waals surface area contributed by atoms with Gasteiger partial charge in [-0.15, -0.1) is 0 Å². The largest absolute Gasteiger partial charge is 0.480 e. The maximum absolute atomic E-state index is 11.1. The van der Waals surface area contributed by atoms with Crippen LogP contribution in [-0.4, -0.2) is 35.4 Å². The molecule has 0 amide bonds. The van der Waals surface area contributed by atoms with Gasteiger partial charge in [-0.3, -0.25) is 9.69 Å². The van der Waals surface area contributed by atoms with Gasteiger partial charge in [0.2, 0.25) is 0 Å². The van der Waals surface area contributed by atoms with Crippen LogP contribution in [0.4, 0.5) is 0 Å².